The first-order valence-corrected chi connectivity index (χ1v) is 11.6. The summed E-state index contributed by atoms with van der Waals surface area (Å²) in [6.45, 7) is 5.06. The Balaban J connectivity index is 1.86. The minimum atomic E-state index is -0.556. The number of nitrogens with one attached hydrogen (secondary N) is 3. The summed E-state index contributed by atoms with van der Waals surface area (Å²) >= 11 is 0. The summed E-state index contributed by atoms with van der Waals surface area (Å²) in [5.41, 5.74) is 1.99. The number of rotatable bonds is 8. The molecule has 2 amide bonds. The Morgan fingerprint density at radius 3 is 2.86 bits per heavy atom. The van der Waals surface area contributed by atoms with Crippen molar-refractivity contribution in [1.29, 1.82) is 5.41 Å². The molecule has 4 rings (SSSR count). The third-order valence-corrected chi connectivity index (χ3v) is 6.39. The van der Waals surface area contributed by atoms with Crippen molar-refractivity contribution in [2.45, 2.75) is 32.0 Å². The van der Waals surface area contributed by atoms with E-state index in [4.69, 9.17) is 5.41 Å². The number of carbonyl (C=O) groups is 2. The Morgan fingerprint density at radius 1 is 1.40 bits per heavy atom. The van der Waals surface area contributed by atoms with Crippen molar-refractivity contribution in [2.75, 3.05) is 25.0 Å². The van der Waals surface area contributed by atoms with E-state index in [1.165, 1.54) is 6.08 Å². The smallest absolute Gasteiger partial charge is 0.254 e. The number of anilines is 1. The number of piperidine rings is 1. The fourth-order valence-electron chi connectivity index (χ4n) is 4.69. The molecule has 2 aromatic rings. The monoisotopic (exact) mass is 476 g/mol. The van der Waals surface area contributed by atoms with Crippen molar-refractivity contribution in [3.8, 4) is 0 Å². The molecule has 0 spiro atoms. The first-order chi connectivity index (χ1) is 17.0. The van der Waals surface area contributed by atoms with Crippen LogP contribution in [0.2, 0.25) is 0 Å². The predicted molar refractivity (Wildman–Crippen MR) is 134 cm³/mol. The largest absolute Gasteiger partial charge is 0.393 e. The van der Waals surface area contributed by atoms with Crippen molar-refractivity contribution in [1.82, 2.24) is 20.5 Å². The summed E-state index contributed by atoms with van der Waals surface area (Å²) in [6, 6.07) is 9.49. The van der Waals surface area contributed by atoms with Crippen molar-refractivity contribution >= 4 is 29.4 Å². The van der Waals surface area contributed by atoms with Gasteiger partial charge in [-0.15, -0.1) is 0 Å². The van der Waals surface area contributed by atoms with Crippen LogP contribution in [0.4, 0.5) is 10.2 Å². The summed E-state index contributed by atoms with van der Waals surface area (Å²) in [5.74, 6) is -1.01. The number of halogens is 1. The number of carbonyl (C=O) groups excluding carboxylic acids is 2. The van der Waals surface area contributed by atoms with E-state index in [1.54, 1.807) is 18.1 Å². The Labute approximate surface area is 204 Å². The lowest BCUT2D eigenvalue weighted by Gasteiger charge is -2.40. The van der Waals surface area contributed by atoms with Gasteiger partial charge >= 0.3 is 0 Å². The summed E-state index contributed by atoms with van der Waals surface area (Å²) in [5, 5.41) is 13.4. The molecule has 1 aromatic carbocycles. The molecule has 182 valence electrons. The van der Waals surface area contributed by atoms with Gasteiger partial charge in [-0.1, -0.05) is 36.9 Å². The van der Waals surface area contributed by atoms with Gasteiger partial charge in [-0.2, -0.15) is 0 Å². The highest BCUT2D eigenvalue weighted by Crippen LogP contribution is 2.34. The lowest BCUT2D eigenvalue weighted by Crippen LogP contribution is -2.50. The molecule has 2 aliphatic rings. The van der Waals surface area contributed by atoms with Gasteiger partial charge in [-0.3, -0.25) is 9.59 Å². The molecule has 1 unspecified atom stereocenters. The van der Waals surface area contributed by atoms with Crippen LogP contribution in [0.1, 0.15) is 40.0 Å². The van der Waals surface area contributed by atoms with E-state index >= 15 is 4.39 Å². The normalized spacial score (nSPS) is 17.4. The van der Waals surface area contributed by atoms with Gasteiger partial charge < -0.3 is 25.8 Å². The SMILES string of the molecule is C=CC(=O)N1CCCC(N(Cc2ccccc2)c2nc(/C(C=N)=C/NC)c3c(c2F)CNC3=O)C1. The Kier molecular flexibility index (Phi) is 7.24. The molecule has 3 heterocycles. The number of allylic oxidation sites excluding steroid dienone is 1. The van der Waals surface area contributed by atoms with Crippen molar-refractivity contribution in [3.63, 3.8) is 0 Å². The first kappa shape index (κ1) is 24.1. The zero-order valence-corrected chi connectivity index (χ0v) is 19.7. The first-order valence-electron chi connectivity index (χ1n) is 11.6. The second-order valence-corrected chi connectivity index (χ2v) is 8.56. The number of amides is 2. The molecule has 0 radical (unpaired) electrons. The second kappa shape index (κ2) is 10.5. The van der Waals surface area contributed by atoms with Crippen LogP contribution >= 0.6 is 0 Å². The fourth-order valence-corrected chi connectivity index (χ4v) is 4.69. The number of nitrogens with zero attached hydrogens (tertiary/aromatic N) is 3. The van der Waals surface area contributed by atoms with Crippen LogP contribution in [0.3, 0.4) is 0 Å². The van der Waals surface area contributed by atoms with Crippen molar-refractivity contribution in [3.05, 3.63) is 77.4 Å². The van der Waals surface area contributed by atoms with E-state index in [-0.39, 0.29) is 41.1 Å². The summed E-state index contributed by atoms with van der Waals surface area (Å²) < 4.78 is 16.0. The van der Waals surface area contributed by atoms with Crippen LogP contribution in [-0.4, -0.2) is 54.1 Å². The maximum absolute atomic E-state index is 16.0. The maximum Gasteiger partial charge on any atom is 0.254 e. The molecule has 0 aliphatic carbocycles. The van der Waals surface area contributed by atoms with Gasteiger partial charge in [0.25, 0.3) is 5.91 Å². The molecule has 1 atom stereocenters. The summed E-state index contributed by atoms with van der Waals surface area (Å²) in [7, 11) is 1.68. The molecule has 0 saturated carbocycles. The standard InChI is InChI=1S/C26H29FN6O2/c1-3-21(34)32-11-7-10-19(16-32)33(15-17-8-5-4-6-9-17)25-23(27)20-14-30-26(35)22(20)24(31-25)18(12-28)13-29-2/h3-6,8-9,12-13,19,28-29H,1,7,10-11,14-16H2,2H3,(H,30,35)/b18-13+,28-12?. The van der Waals surface area contributed by atoms with Gasteiger partial charge in [0.05, 0.1) is 11.3 Å². The highest BCUT2D eigenvalue weighted by atomic mass is 19.1. The lowest BCUT2D eigenvalue weighted by atomic mass is 10.00. The summed E-state index contributed by atoms with van der Waals surface area (Å²) in [6.07, 6.45) is 5.48. The number of hydrogen-bond acceptors (Lipinski definition) is 6. The van der Waals surface area contributed by atoms with Gasteiger partial charge in [0.2, 0.25) is 5.91 Å². The molecule has 8 nitrogen and oxygen atoms in total. The van der Waals surface area contributed by atoms with Crippen LogP contribution in [0, 0.1) is 11.2 Å². The van der Waals surface area contributed by atoms with Gasteiger partial charge in [-0.25, -0.2) is 9.37 Å². The molecule has 2 aliphatic heterocycles. The van der Waals surface area contributed by atoms with E-state index in [2.05, 4.69) is 22.2 Å². The Bertz CT molecular complexity index is 1180. The van der Waals surface area contributed by atoms with Crippen LogP contribution in [0.5, 0.6) is 0 Å². The number of benzene rings is 1. The van der Waals surface area contributed by atoms with E-state index in [1.807, 2.05) is 35.2 Å². The van der Waals surface area contributed by atoms with E-state index < -0.39 is 11.7 Å². The highest BCUT2D eigenvalue weighted by molar-refractivity contribution is 6.13. The quantitative estimate of drug-likeness (QED) is 0.402. The number of fused-ring (bicyclic) bond motifs is 1. The fraction of sp³-hybridized carbons (Fsp3) is 0.308. The number of pyridine rings is 1. The minimum absolute atomic E-state index is 0.0538. The minimum Gasteiger partial charge on any atom is -0.393 e. The van der Waals surface area contributed by atoms with Crippen LogP contribution < -0.4 is 15.5 Å². The van der Waals surface area contributed by atoms with Gasteiger partial charge in [0, 0.05) is 62.8 Å². The lowest BCUT2D eigenvalue weighted by molar-refractivity contribution is -0.127. The van der Waals surface area contributed by atoms with Gasteiger partial charge in [-0.05, 0) is 24.5 Å². The average molecular weight is 477 g/mol. The maximum atomic E-state index is 16.0. The third kappa shape index (κ3) is 4.80. The third-order valence-electron chi connectivity index (χ3n) is 6.39. The number of hydrogen-bond donors (Lipinski definition) is 3. The predicted octanol–water partition coefficient (Wildman–Crippen LogP) is 2.86. The molecule has 3 N–H and O–H groups in total. The van der Waals surface area contributed by atoms with Crippen molar-refractivity contribution in [2.24, 2.45) is 0 Å². The van der Waals surface area contributed by atoms with Crippen molar-refractivity contribution < 1.29 is 14.0 Å². The molecule has 9 heteroatoms. The second-order valence-electron chi connectivity index (χ2n) is 8.56. The molecule has 1 aromatic heterocycles. The van der Waals surface area contributed by atoms with E-state index in [9.17, 15) is 9.59 Å². The van der Waals surface area contributed by atoms with Crippen LogP contribution in [0.25, 0.3) is 5.57 Å². The van der Waals surface area contributed by atoms with Crippen LogP contribution in [0.15, 0.2) is 49.2 Å². The molecule has 0 bridgehead atoms. The molecular weight excluding hydrogens is 447 g/mol. The van der Waals surface area contributed by atoms with Gasteiger partial charge in [0.15, 0.2) is 11.6 Å². The number of likely N-dealkylation sites (tertiary alicyclic amines) is 1. The average Bonchev–Trinajstić information content (AvgIpc) is 3.29. The van der Waals surface area contributed by atoms with E-state index in [0.717, 1.165) is 24.6 Å². The zero-order chi connectivity index (χ0) is 24.9. The molecule has 1 fully saturated rings. The Hall–Kier alpha value is -4.01. The molecule has 1 saturated heterocycles. The summed E-state index contributed by atoms with van der Waals surface area (Å²) in [4.78, 5) is 33.2. The van der Waals surface area contributed by atoms with Crippen LogP contribution in [-0.2, 0) is 17.9 Å². The number of aromatic nitrogens is 1. The van der Waals surface area contributed by atoms with Gasteiger partial charge in [0.1, 0.15) is 0 Å². The topological polar surface area (TPSA) is 101 Å². The Morgan fingerprint density at radius 2 is 2.17 bits per heavy atom. The molecular formula is C26H29FN6O2. The molecule has 35 heavy (non-hydrogen) atoms. The highest BCUT2D eigenvalue weighted by Gasteiger charge is 2.35. The zero-order valence-electron chi connectivity index (χ0n) is 19.7. The van der Waals surface area contributed by atoms with E-state index in [0.29, 0.717) is 25.2 Å².